The van der Waals surface area contributed by atoms with Gasteiger partial charge in [-0.05, 0) is 0 Å². The highest BCUT2D eigenvalue weighted by Gasteiger charge is 2.19. The first-order valence-corrected chi connectivity index (χ1v) is 8.75. The summed E-state index contributed by atoms with van der Waals surface area (Å²) >= 11 is 0. The zero-order valence-corrected chi connectivity index (χ0v) is 16.5. The standard InChI is InChI=1S/C6H9N11.C6H8N10/c7-1-11-2(8)14-5(13-1)17-6-15-3(9)12-4(10)16-6;7-1-10-4-12-2(8)14-6-15-3(9)13-5(11-1)16(4)6/h(H9,7,8,9,10,11,12,13,14,15,16,17);1H,7H2,(H5,8,9,10,11,12,13,14,15). The molecule has 1 aliphatic rings. The average Bonchev–Trinajstić information content (AvgIpc) is 2.65. The number of nitrogens with zero attached hydrogens (tertiary/aromatic N) is 11. The Morgan fingerprint density at radius 1 is 0.636 bits per heavy atom. The molecular formula is C12H17N21. The molecule has 0 radical (unpaired) electrons. The quantitative estimate of drug-likeness (QED) is 0.137. The van der Waals surface area contributed by atoms with E-state index in [4.69, 9.17) is 39.8 Å². The Balaban J connectivity index is 0.000000157. The minimum Gasteiger partial charge on any atom is -0.368 e. The molecule has 5 rings (SSSR count). The predicted molar refractivity (Wildman–Crippen MR) is 115 cm³/mol. The zero-order valence-electron chi connectivity index (χ0n) is 16.5. The van der Waals surface area contributed by atoms with Crippen molar-refractivity contribution >= 4 is 59.3 Å². The molecule has 0 fully saturated rings. The molecule has 1 aliphatic heterocycles. The van der Waals surface area contributed by atoms with E-state index < -0.39 is 6.29 Å². The van der Waals surface area contributed by atoms with E-state index in [2.05, 4.69) is 65.8 Å². The van der Waals surface area contributed by atoms with Crippen molar-refractivity contribution in [1.29, 1.82) is 5.41 Å². The first-order valence-electron chi connectivity index (χ1n) is 8.75. The van der Waals surface area contributed by atoms with E-state index in [0.717, 1.165) is 0 Å². The highest BCUT2D eigenvalue weighted by Crippen LogP contribution is 2.17. The molecule has 0 aromatic carbocycles. The van der Waals surface area contributed by atoms with Crippen LogP contribution in [0.25, 0.3) is 5.78 Å². The van der Waals surface area contributed by atoms with Gasteiger partial charge in [0.2, 0.25) is 64.9 Å². The third kappa shape index (κ3) is 4.66. The minimum absolute atomic E-state index is 0.0324. The molecule has 170 valence electrons. The Hall–Kier alpha value is -5.47. The molecule has 1 atom stereocenters. The third-order valence-electron chi connectivity index (χ3n) is 3.61. The van der Waals surface area contributed by atoms with Crippen LogP contribution in [0, 0.1) is 5.41 Å². The summed E-state index contributed by atoms with van der Waals surface area (Å²) in [5.74, 6) is 1.08. The minimum atomic E-state index is -0.549. The van der Waals surface area contributed by atoms with Crippen LogP contribution < -0.4 is 56.0 Å². The van der Waals surface area contributed by atoms with E-state index in [1.807, 2.05) is 0 Å². The van der Waals surface area contributed by atoms with E-state index in [-0.39, 0.29) is 53.0 Å². The Morgan fingerprint density at radius 2 is 1.09 bits per heavy atom. The van der Waals surface area contributed by atoms with Crippen LogP contribution in [0.15, 0.2) is 0 Å². The molecule has 0 amide bonds. The number of nitrogens with two attached hydrogens (primary N) is 6. The molecule has 0 bridgehead atoms. The van der Waals surface area contributed by atoms with Crippen LogP contribution in [0.5, 0.6) is 0 Å². The van der Waals surface area contributed by atoms with Gasteiger partial charge in [0.25, 0.3) is 0 Å². The molecule has 33 heavy (non-hydrogen) atoms. The number of rotatable bonds is 2. The SMILES string of the molecule is N=c1nc2n3c(nc(N)nc3n1)NC(N)N2.Nc1nc(N)nc(Nc2nc(N)nc(N)n2)n1. The summed E-state index contributed by atoms with van der Waals surface area (Å²) in [5, 5.41) is 15.7. The molecule has 4 aromatic heterocycles. The summed E-state index contributed by atoms with van der Waals surface area (Å²) in [6.45, 7) is 0. The van der Waals surface area contributed by atoms with E-state index >= 15 is 0 Å². The van der Waals surface area contributed by atoms with Gasteiger partial charge in [0.15, 0.2) is 6.29 Å². The highest BCUT2D eigenvalue weighted by atomic mass is 15.4. The lowest BCUT2D eigenvalue weighted by atomic mass is 10.6. The number of anilines is 9. The molecule has 16 N–H and O–H groups in total. The van der Waals surface area contributed by atoms with Crippen LogP contribution in [0.4, 0.5) is 53.5 Å². The lowest BCUT2D eigenvalue weighted by Crippen LogP contribution is -2.44. The maximum Gasteiger partial charge on any atom is 0.248 e. The van der Waals surface area contributed by atoms with Gasteiger partial charge in [0, 0.05) is 0 Å². The topological polar surface area (TPSA) is 349 Å². The Labute approximate surface area is 182 Å². The summed E-state index contributed by atoms with van der Waals surface area (Å²) in [6, 6.07) is 0. The van der Waals surface area contributed by atoms with Crippen molar-refractivity contribution < 1.29 is 0 Å². The number of nitrogens with one attached hydrogen (secondary N) is 4. The molecule has 5 heterocycles. The number of nitrogen functional groups attached to an aromatic ring is 5. The van der Waals surface area contributed by atoms with Gasteiger partial charge in [-0.2, -0.15) is 49.8 Å². The van der Waals surface area contributed by atoms with Gasteiger partial charge < -0.3 is 39.3 Å². The third-order valence-corrected chi connectivity index (χ3v) is 3.61. The van der Waals surface area contributed by atoms with E-state index in [1.165, 1.54) is 4.40 Å². The molecule has 1 unspecified atom stereocenters. The van der Waals surface area contributed by atoms with Crippen molar-refractivity contribution in [3.05, 3.63) is 5.62 Å². The molecule has 4 aromatic rings. The second kappa shape index (κ2) is 7.99. The van der Waals surface area contributed by atoms with Gasteiger partial charge >= 0.3 is 0 Å². The van der Waals surface area contributed by atoms with Gasteiger partial charge in [-0.3, -0.25) is 16.5 Å². The summed E-state index contributed by atoms with van der Waals surface area (Å²) in [5.41, 5.74) is 32.6. The van der Waals surface area contributed by atoms with Crippen LogP contribution in [0.3, 0.4) is 0 Å². The maximum absolute atomic E-state index is 7.41. The van der Waals surface area contributed by atoms with Crippen LogP contribution >= 0.6 is 0 Å². The molecule has 0 aliphatic carbocycles. The summed E-state index contributed by atoms with van der Waals surface area (Å²) in [7, 11) is 0. The van der Waals surface area contributed by atoms with E-state index in [9.17, 15) is 0 Å². The zero-order chi connectivity index (χ0) is 23.7. The van der Waals surface area contributed by atoms with Crippen molar-refractivity contribution in [1.82, 2.24) is 54.2 Å². The second-order valence-corrected chi connectivity index (χ2v) is 6.05. The van der Waals surface area contributed by atoms with Gasteiger partial charge in [-0.25, -0.2) is 4.40 Å². The van der Waals surface area contributed by atoms with Crippen LogP contribution in [-0.4, -0.2) is 60.5 Å². The van der Waals surface area contributed by atoms with Crippen molar-refractivity contribution in [3.8, 4) is 0 Å². The van der Waals surface area contributed by atoms with Crippen LogP contribution in [0.2, 0.25) is 0 Å². The maximum atomic E-state index is 7.41. The smallest absolute Gasteiger partial charge is 0.248 e. The molecule has 0 saturated heterocycles. The number of aromatic nitrogens is 11. The summed E-state index contributed by atoms with van der Waals surface area (Å²) in [6.07, 6.45) is -0.549. The van der Waals surface area contributed by atoms with Gasteiger partial charge in [-0.1, -0.05) is 0 Å². The first kappa shape index (κ1) is 20.8. The van der Waals surface area contributed by atoms with Crippen LogP contribution in [-0.2, 0) is 0 Å². The molecule has 0 saturated carbocycles. The Morgan fingerprint density at radius 3 is 1.61 bits per heavy atom. The largest absolute Gasteiger partial charge is 0.368 e. The fourth-order valence-electron chi connectivity index (χ4n) is 2.51. The van der Waals surface area contributed by atoms with Crippen molar-refractivity contribution in [2.45, 2.75) is 6.29 Å². The monoisotopic (exact) mass is 455 g/mol. The highest BCUT2D eigenvalue weighted by molar-refractivity contribution is 5.54. The summed E-state index contributed by atoms with van der Waals surface area (Å²) in [4.78, 5) is 37.9. The Bertz CT molecular complexity index is 1300. The van der Waals surface area contributed by atoms with Gasteiger partial charge in [0.05, 0.1) is 0 Å². The van der Waals surface area contributed by atoms with Gasteiger partial charge in [-0.15, -0.1) is 0 Å². The molecule has 21 heteroatoms. The van der Waals surface area contributed by atoms with Gasteiger partial charge in [0.1, 0.15) is 0 Å². The van der Waals surface area contributed by atoms with E-state index in [0.29, 0.717) is 11.9 Å². The number of hydrogen-bond acceptors (Lipinski definition) is 20. The number of hydrogen-bond donors (Lipinski definition) is 10. The Kier molecular flexibility index (Phi) is 5.03. The average molecular weight is 455 g/mol. The van der Waals surface area contributed by atoms with Crippen molar-refractivity contribution in [3.63, 3.8) is 0 Å². The second-order valence-electron chi connectivity index (χ2n) is 6.05. The summed E-state index contributed by atoms with van der Waals surface area (Å²) < 4.78 is 1.50. The fraction of sp³-hybridized carbons (Fsp3) is 0.0833. The van der Waals surface area contributed by atoms with Crippen molar-refractivity contribution in [2.24, 2.45) is 5.73 Å². The fourth-order valence-corrected chi connectivity index (χ4v) is 2.51. The predicted octanol–water partition coefficient (Wildman–Crippen LogP) is -4.21. The molecule has 21 nitrogen and oxygen atoms in total. The van der Waals surface area contributed by atoms with Crippen LogP contribution in [0.1, 0.15) is 0 Å². The molecular weight excluding hydrogens is 438 g/mol. The first-order chi connectivity index (χ1) is 15.7. The van der Waals surface area contributed by atoms with E-state index in [1.54, 1.807) is 0 Å². The lowest BCUT2D eigenvalue weighted by molar-refractivity contribution is 0.752. The normalized spacial score (nSPS) is 13.9. The lowest BCUT2D eigenvalue weighted by Gasteiger charge is -2.24. The molecule has 0 spiro atoms. The van der Waals surface area contributed by atoms with Crippen molar-refractivity contribution in [2.75, 3.05) is 44.6 Å².